The SMILES string of the molecule is O=C(NCCc1ccccc1)c1cc2n(n1)[C@@H](C(F)(F)F)C[C@H](c1ccco1)N2. The van der Waals surface area contributed by atoms with Crippen LogP contribution in [0.4, 0.5) is 19.0 Å². The molecule has 0 saturated carbocycles. The Hall–Kier alpha value is -3.23. The van der Waals surface area contributed by atoms with Crippen molar-refractivity contribution in [2.24, 2.45) is 0 Å². The molecule has 4 rings (SSSR count). The van der Waals surface area contributed by atoms with Gasteiger partial charge in [0, 0.05) is 19.0 Å². The van der Waals surface area contributed by atoms with E-state index in [0.29, 0.717) is 18.7 Å². The summed E-state index contributed by atoms with van der Waals surface area (Å²) in [6.07, 6.45) is -2.75. The van der Waals surface area contributed by atoms with Crippen LogP contribution in [0.3, 0.4) is 0 Å². The van der Waals surface area contributed by atoms with Gasteiger partial charge < -0.3 is 15.1 Å². The second-order valence-electron chi connectivity index (χ2n) is 6.86. The van der Waals surface area contributed by atoms with Crippen LogP contribution < -0.4 is 10.6 Å². The van der Waals surface area contributed by atoms with Crippen molar-refractivity contribution in [3.05, 3.63) is 71.8 Å². The quantitative estimate of drug-likeness (QED) is 0.671. The number of carbonyl (C=O) groups is 1. The van der Waals surface area contributed by atoms with Crippen LogP contribution in [-0.2, 0) is 6.42 Å². The van der Waals surface area contributed by atoms with Crippen LogP contribution in [0, 0.1) is 0 Å². The highest BCUT2D eigenvalue weighted by Gasteiger charge is 2.47. The van der Waals surface area contributed by atoms with E-state index in [-0.39, 0.29) is 17.9 Å². The number of rotatable bonds is 5. The molecule has 0 aliphatic carbocycles. The van der Waals surface area contributed by atoms with E-state index in [1.807, 2.05) is 30.3 Å². The van der Waals surface area contributed by atoms with E-state index < -0.39 is 24.2 Å². The number of alkyl halides is 3. The Morgan fingerprint density at radius 1 is 1.24 bits per heavy atom. The van der Waals surface area contributed by atoms with E-state index in [0.717, 1.165) is 10.2 Å². The molecule has 1 amide bonds. The average molecular weight is 404 g/mol. The fourth-order valence-electron chi connectivity index (χ4n) is 3.42. The number of aromatic nitrogens is 2. The monoisotopic (exact) mass is 404 g/mol. The van der Waals surface area contributed by atoms with Gasteiger partial charge in [0.05, 0.1) is 12.3 Å². The van der Waals surface area contributed by atoms with Gasteiger partial charge in [0.1, 0.15) is 11.6 Å². The Bertz CT molecular complexity index is 968. The minimum Gasteiger partial charge on any atom is -0.467 e. The standard InChI is InChI=1S/C20H19F3N4O2/c21-20(22,23)17-11-14(16-7-4-10-29-16)25-18-12-15(26-27(17)18)19(28)24-9-8-13-5-2-1-3-6-13/h1-7,10,12,14,17,25H,8-9,11H2,(H,24,28)/t14-,17-/m1/s1. The molecule has 3 aromatic rings. The number of nitrogens with one attached hydrogen (secondary N) is 2. The molecular formula is C20H19F3N4O2. The number of anilines is 1. The summed E-state index contributed by atoms with van der Waals surface area (Å²) in [6.45, 7) is 0.357. The van der Waals surface area contributed by atoms with Crippen LogP contribution in [0.15, 0.2) is 59.2 Å². The third-order valence-electron chi connectivity index (χ3n) is 4.85. The van der Waals surface area contributed by atoms with E-state index in [1.165, 1.54) is 12.3 Å². The van der Waals surface area contributed by atoms with Gasteiger partial charge >= 0.3 is 6.18 Å². The third-order valence-corrected chi connectivity index (χ3v) is 4.85. The van der Waals surface area contributed by atoms with Crippen molar-refractivity contribution in [1.29, 1.82) is 0 Å². The maximum Gasteiger partial charge on any atom is 0.410 e. The molecule has 0 fully saturated rings. The first-order valence-electron chi connectivity index (χ1n) is 9.20. The van der Waals surface area contributed by atoms with Crippen molar-refractivity contribution in [2.75, 3.05) is 11.9 Å². The highest BCUT2D eigenvalue weighted by molar-refractivity contribution is 5.93. The lowest BCUT2D eigenvalue weighted by Crippen LogP contribution is -2.35. The van der Waals surface area contributed by atoms with Crippen molar-refractivity contribution >= 4 is 11.7 Å². The number of benzene rings is 1. The summed E-state index contributed by atoms with van der Waals surface area (Å²) in [5, 5.41) is 9.62. The predicted molar refractivity (Wildman–Crippen MR) is 99.5 cm³/mol. The first-order valence-corrected chi connectivity index (χ1v) is 9.20. The van der Waals surface area contributed by atoms with Gasteiger partial charge in [-0.2, -0.15) is 18.3 Å². The molecule has 9 heteroatoms. The minimum absolute atomic E-state index is 0.0603. The van der Waals surface area contributed by atoms with Gasteiger partial charge in [-0.3, -0.25) is 4.79 Å². The van der Waals surface area contributed by atoms with Gasteiger partial charge in [-0.1, -0.05) is 30.3 Å². The number of carbonyl (C=O) groups excluding carboxylic acids is 1. The summed E-state index contributed by atoms with van der Waals surface area (Å²) < 4.78 is 46.9. The first-order chi connectivity index (χ1) is 13.9. The van der Waals surface area contributed by atoms with E-state index >= 15 is 0 Å². The largest absolute Gasteiger partial charge is 0.467 e. The average Bonchev–Trinajstić information content (AvgIpc) is 3.37. The molecule has 6 nitrogen and oxygen atoms in total. The fourth-order valence-corrected chi connectivity index (χ4v) is 3.42. The van der Waals surface area contributed by atoms with Crippen molar-refractivity contribution in [2.45, 2.75) is 31.1 Å². The molecule has 1 aliphatic rings. The van der Waals surface area contributed by atoms with Gasteiger partial charge in [0.2, 0.25) is 0 Å². The molecule has 1 aliphatic heterocycles. The lowest BCUT2D eigenvalue weighted by Gasteiger charge is -2.32. The lowest BCUT2D eigenvalue weighted by molar-refractivity contribution is -0.174. The predicted octanol–water partition coefficient (Wildman–Crippen LogP) is 4.11. The summed E-state index contributed by atoms with van der Waals surface area (Å²) in [5.41, 5.74) is 0.993. The molecule has 0 saturated heterocycles. The lowest BCUT2D eigenvalue weighted by atomic mass is 10.0. The van der Waals surface area contributed by atoms with E-state index in [4.69, 9.17) is 4.42 Å². The van der Waals surface area contributed by atoms with Crippen molar-refractivity contribution in [3.63, 3.8) is 0 Å². The number of nitrogens with zero attached hydrogens (tertiary/aromatic N) is 2. The zero-order valence-electron chi connectivity index (χ0n) is 15.3. The third kappa shape index (κ3) is 4.13. The van der Waals surface area contributed by atoms with E-state index in [2.05, 4.69) is 15.7 Å². The Balaban J connectivity index is 1.50. The van der Waals surface area contributed by atoms with E-state index in [1.54, 1.807) is 12.1 Å². The number of amides is 1. The second kappa shape index (κ2) is 7.65. The molecule has 0 spiro atoms. The Morgan fingerprint density at radius 2 is 2.03 bits per heavy atom. The molecule has 152 valence electrons. The zero-order valence-corrected chi connectivity index (χ0v) is 15.3. The molecule has 2 aromatic heterocycles. The Labute approximate surface area is 164 Å². The number of halogens is 3. The summed E-state index contributed by atoms with van der Waals surface area (Å²) in [6, 6.07) is 11.7. The van der Waals surface area contributed by atoms with Crippen LogP contribution >= 0.6 is 0 Å². The summed E-state index contributed by atoms with van der Waals surface area (Å²) in [7, 11) is 0. The van der Waals surface area contributed by atoms with Crippen molar-refractivity contribution in [1.82, 2.24) is 15.1 Å². The molecular weight excluding hydrogens is 385 g/mol. The van der Waals surface area contributed by atoms with Crippen molar-refractivity contribution in [3.8, 4) is 0 Å². The second-order valence-corrected chi connectivity index (χ2v) is 6.86. The molecule has 2 atom stereocenters. The summed E-state index contributed by atoms with van der Waals surface area (Å²) in [5.74, 6) is 0.0221. The molecule has 1 aromatic carbocycles. The Kier molecular flexibility index (Phi) is 5.04. The van der Waals surface area contributed by atoms with Gasteiger partial charge in [-0.05, 0) is 24.1 Å². The highest BCUT2D eigenvalue weighted by atomic mass is 19.4. The highest BCUT2D eigenvalue weighted by Crippen LogP contribution is 2.43. The first kappa shape index (κ1) is 19.1. The van der Waals surface area contributed by atoms with Crippen LogP contribution in [-0.4, -0.2) is 28.4 Å². The smallest absolute Gasteiger partial charge is 0.410 e. The molecule has 0 bridgehead atoms. The molecule has 0 unspecified atom stereocenters. The minimum atomic E-state index is -4.51. The molecule has 0 radical (unpaired) electrons. The van der Waals surface area contributed by atoms with Gasteiger partial charge in [-0.15, -0.1) is 0 Å². The topological polar surface area (TPSA) is 72.1 Å². The molecule has 29 heavy (non-hydrogen) atoms. The van der Waals surface area contributed by atoms with Crippen LogP contribution in [0.5, 0.6) is 0 Å². The number of hydrogen-bond acceptors (Lipinski definition) is 4. The van der Waals surface area contributed by atoms with Crippen molar-refractivity contribution < 1.29 is 22.4 Å². The summed E-state index contributed by atoms with van der Waals surface area (Å²) in [4.78, 5) is 12.4. The zero-order chi connectivity index (χ0) is 20.4. The Morgan fingerprint density at radius 3 is 2.72 bits per heavy atom. The maximum absolute atomic E-state index is 13.6. The number of furan rings is 1. The fraction of sp³-hybridized carbons (Fsp3) is 0.300. The maximum atomic E-state index is 13.6. The molecule has 3 heterocycles. The van der Waals surface area contributed by atoms with Gasteiger partial charge in [0.25, 0.3) is 5.91 Å². The summed E-state index contributed by atoms with van der Waals surface area (Å²) >= 11 is 0. The van der Waals surface area contributed by atoms with E-state index in [9.17, 15) is 18.0 Å². The normalized spacial score (nSPS) is 18.7. The number of fused-ring (bicyclic) bond motifs is 1. The van der Waals surface area contributed by atoms with Gasteiger partial charge in [-0.25, -0.2) is 4.68 Å². The van der Waals surface area contributed by atoms with Crippen LogP contribution in [0.1, 0.15) is 40.3 Å². The van der Waals surface area contributed by atoms with Crippen LogP contribution in [0.25, 0.3) is 0 Å². The molecule has 2 N–H and O–H groups in total. The van der Waals surface area contributed by atoms with Gasteiger partial charge in [0.15, 0.2) is 11.7 Å². The number of hydrogen-bond donors (Lipinski definition) is 2. The van der Waals surface area contributed by atoms with Crippen LogP contribution in [0.2, 0.25) is 0 Å².